The molecule has 2 N–H and O–H groups in total. The molecule has 0 amide bonds. The summed E-state index contributed by atoms with van der Waals surface area (Å²) < 4.78 is 47.7. The number of rotatable bonds is 7. The largest absolute Gasteiger partial charge is 0.474 e. The van der Waals surface area contributed by atoms with Crippen LogP contribution in [0.5, 0.6) is 5.88 Å². The van der Waals surface area contributed by atoms with E-state index in [1.54, 1.807) is 6.34 Å². The van der Waals surface area contributed by atoms with Gasteiger partial charge < -0.3 is 15.2 Å². The van der Waals surface area contributed by atoms with Crippen LogP contribution in [0.1, 0.15) is 54.6 Å². The lowest BCUT2D eigenvalue weighted by atomic mass is 9.84. The lowest BCUT2D eigenvalue weighted by Crippen LogP contribution is -2.50. The van der Waals surface area contributed by atoms with Crippen LogP contribution in [0.4, 0.5) is 13.2 Å². The Bertz CT molecular complexity index is 1240. The average Bonchev–Trinajstić information content (AvgIpc) is 3.54. The zero-order valence-corrected chi connectivity index (χ0v) is 20.8. The van der Waals surface area contributed by atoms with Crippen LogP contribution in [0.2, 0.25) is 0 Å². The summed E-state index contributed by atoms with van der Waals surface area (Å²) in [5, 5.41) is 16.9. The molecule has 1 aliphatic carbocycles. The van der Waals surface area contributed by atoms with Gasteiger partial charge in [-0.2, -0.15) is 18.3 Å². The molecule has 2 fully saturated rings. The maximum Gasteiger partial charge on any atom is 0.433 e. The Balaban J connectivity index is 1.00. The van der Waals surface area contributed by atoms with Gasteiger partial charge in [0.15, 0.2) is 0 Å². The smallest absolute Gasteiger partial charge is 0.433 e. The van der Waals surface area contributed by atoms with Crippen molar-refractivity contribution in [1.29, 1.82) is 0 Å². The molecule has 12 heteroatoms. The molecule has 2 aromatic heterocycles. The van der Waals surface area contributed by atoms with Crippen LogP contribution in [0, 0.1) is 5.92 Å². The van der Waals surface area contributed by atoms with Crippen LogP contribution in [0.3, 0.4) is 0 Å². The summed E-state index contributed by atoms with van der Waals surface area (Å²) in [7, 11) is 0. The van der Waals surface area contributed by atoms with Crippen molar-refractivity contribution in [3.8, 4) is 5.88 Å². The van der Waals surface area contributed by atoms with E-state index in [0.29, 0.717) is 17.6 Å². The third-order valence-electron chi connectivity index (χ3n) is 7.87. The van der Waals surface area contributed by atoms with Gasteiger partial charge in [-0.05, 0) is 49.9 Å². The number of nitrogens with zero attached hydrogens (tertiary/aromatic N) is 6. The number of nitrogens with one attached hydrogen (secondary N) is 1. The van der Waals surface area contributed by atoms with E-state index in [1.165, 1.54) is 6.07 Å². The molecular weight excluding hydrogens is 499 g/mol. The first kappa shape index (κ1) is 25.1. The maximum absolute atomic E-state index is 13.2. The van der Waals surface area contributed by atoms with Crippen LogP contribution < -0.4 is 10.1 Å². The molecule has 2 aromatic rings. The minimum Gasteiger partial charge on any atom is -0.474 e. The molecule has 0 radical (unpaired) electrons. The standard InChI is InChI=1S/C26H30F3N7O2/c27-26(28,29)22-9-16(4-8-37)10-23(34-22)38-20-2-6-35(7-3-20)18-11-19(12-18)36-14-17(13-33-36)24-21-1-5-30-25(21)32-15-31-24/h1,5,9-10,13-15,18-21,24,37H,2-4,6-8,11-12H2,(H,30,31,32). The van der Waals surface area contributed by atoms with Crippen LogP contribution in [-0.2, 0) is 12.6 Å². The number of amidine groups is 1. The van der Waals surface area contributed by atoms with E-state index >= 15 is 0 Å². The van der Waals surface area contributed by atoms with Crippen molar-refractivity contribution in [2.45, 2.75) is 62.5 Å². The zero-order valence-electron chi connectivity index (χ0n) is 20.8. The summed E-state index contributed by atoms with van der Waals surface area (Å²) >= 11 is 0. The molecule has 1 saturated heterocycles. The molecule has 9 nitrogen and oxygen atoms in total. The van der Waals surface area contributed by atoms with E-state index in [9.17, 15) is 13.2 Å². The van der Waals surface area contributed by atoms with E-state index in [-0.39, 0.29) is 37.0 Å². The number of fused-ring (bicyclic) bond motifs is 1. The third-order valence-corrected chi connectivity index (χ3v) is 7.87. The van der Waals surface area contributed by atoms with Gasteiger partial charge in [0.1, 0.15) is 24.0 Å². The highest BCUT2D eigenvalue weighted by atomic mass is 19.4. The Morgan fingerprint density at radius 3 is 2.71 bits per heavy atom. The molecule has 3 aliphatic heterocycles. The van der Waals surface area contributed by atoms with E-state index in [4.69, 9.17) is 9.84 Å². The summed E-state index contributed by atoms with van der Waals surface area (Å²) in [5.74, 6) is 1.02. The number of piperidine rings is 1. The van der Waals surface area contributed by atoms with Gasteiger partial charge in [-0.3, -0.25) is 14.6 Å². The Kier molecular flexibility index (Phi) is 6.68. The molecule has 0 aromatic carbocycles. The van der Waals surface area contributed by atoms with Gasteiger partial charge in [0.25, 0.3) is 0 Å². The van der Waals surface area contributed by atoms with Crippen LogP contribution in [-0.4, -0.2) is 68.8 Å². The molecule has 2 atom stereocenters. The number of aliphatic imine (C=N–C) groups is 2. The van der Waals surface area contributed by atoms with Gasteiger partial charge in [-0.15, -0.1) is 0 Å². The first-order chi connectivity index (χ1) is 18.4. The second-order valence-electron chi connectivity index (χ2n) is 10.3. The average molecular weight is 530 g/mol. The number of pyridine rings is 1. The van der Waals surface area contributed by atoms with E-state index in [0.717, 1.165) is 56.2 Å². The quantitative estimate of drug-likeness (QED) is 0.571. The predicted octanol–water partition coefficient (Wildman–Crippen LogP) is 3.29. The van der Waals surface area contributed by atoms with Gasteiger partial charge >= 0.3 is 6.18 Å². The second kappa shape index (κ2) is 10.1. The first-order valence-corrected chi connectivity index (χ1v) is 13.0. The number of aromatic nitrogens is 3. The lowest BCUT2D eigenvalue weighted by Gasteiger charge is -2.45. The molecule has 1 saturated carbocycles. The number of alkyl halides is 3. The fraction of sp³-hybridized carbons (Fsp3) is 0.538. The van der Waals surface area contributed by atoms with Crippen molar-refractivity contribution in [3.05, 3.63) is 53.6 Å². The fourth-order valence-electron chi connectivity index (χ4n) is 5.70. The number of aliphatic hydroxyl groups is 1. The molecule has 6 rings (SSSR count). The minimum atomic E-state index is -4.56. The van der Waals surface area contributed by atoms with E-state index < -0.39 is 11.9 Å². The van der Waals surface area contributed by atoms with E-state index in [1.807, 2.05) is 12.4 Å². The molecule has 4 aliphatic rings. The van der Waals surface area contributed by atoms with Crippen molar-refractivity contribution in [2.75, 3.05) is 19.7 Å². The van der Waals surface area contributed by atoms with E-state index in [2.05, 4.69) is 47.2 Å². The minimum absolute atomic E-state index is 0.0107. The lowest BCUT2D eigenvalue weighted by molar-refractivity contribution is -0.141. The Morgan fingerprint density at radius 2 is 1.95 bits per heavy atom. The number of aliphatic hydroxyl groups excluding tert-OH is 1. The molecule has 0 bridgehead atoms. The van der Waals surface area contributed by atoms with Gasteiger partial charge in [0.05, 0.1) is 24.2 Å². The number of likely N-dealkylation sites (tertiary alicyclic amines) is 1. The molecular formula is C26H30F3N7O2. The highest BCUT2D eigenvalue weighted by Gasteiger charge is 2.38. The SMILES string of the molecule is OCCc1cc(OC2CCN(C3CC(n4cc(C5N=CN=C6NC=CC65)cn4)C3)CC2)nc(C(F)(F)F)c1. The third kappa shape index (κ3) is 5.06. The fourth-order valence-corrected chi connectivity index (χ4v) is 5.70. The predicted molar refractivity (Wildman–Crippen MR) is 134 cm³/mol. The molecule has 5 heterocycles. The summed E-state index contributed by atoms with van der Waals surface area (Å²) in [6.45, 7) is 1.42. The van der Waals surface area contributed by atoms with Gasteiger partial charge in [-0.1, -0.05) is 6.08 Å². The maximum atomic E-state index is 13.2. The van der Waals surface area contributed by atoms with Crippen molar-refractivity contribution < 1.29 is 23.0 Å². The second-order valence-corrected chi connectivity index (χ2v) is 10.3. The topological polar surface area (TPSA) is 100 Å². The molecule has 38 heavy (non-hydrogen) atoms. The van der Waals surface area contributed by atoms with Crippen LogP contribution in [0.15, 0.2) is 46.8 Å². The number of hydrogen-bond acceptors (Lipinski definition) is 8. The number of hydrogen-bond donors (Lipinski definition) is 2. The van der Waals surface area contributed by atoms with Crippen LogP contribution in [0.25, 0.3) is 0 Å². The Labute approximate surface area is 218 Å². The Morgan fingerprint density at radius 1 is 1.13 bits per heavy atom. The zero-order chi connectivity index (χ0) is 26.3. The van der Waals surface area contributed by atoms with Crippen LogP contribution >= 0.6 is 0 Å². The highest BCUT2D eigenvalue weighted by molar-refractivity contribution is 5.96. The van der Waals surface area contributed by atoms with Gasteiger partial charge in [-0.25, -0.2) is 9.98 Å². The summed E-state index contributed by atoms with van der Waals surface area (Å²) in [5.41, 5.74) is 0.460. The number of halogens is 3. The highest BCUT2D eigenvalue weighted by Crippen LogP contribution is 2.39. The molecule has 0 spiro atoms. The van der Waals surface area contributed by atoms with Crippen molar-refractivity contribution in [1.82, 2.24) is 25.0 Å². The van der Waals surface area contributed by atoms with Gasteiger partial charge in [0.2, 0.25) is 5.88 Å². The monoisotopic (exact) mass is 529 g/mol. The Hall–Kier alpha value is -3.25. The molecule has 2 unspecified atom stereocenters. The number of ether oxygens (including phenoxy) is 1. The van der Waals surface area contributed by atoms with Crippen molar-refractivity contribution in [2.24, 2.45) is 15.9 Å². The summed E-state index contributed by atoms with van der Waals surface area (Å²) in [4.78, 5) is 15.0. The first-order valence-electron chi connectivity index (χ1n) is 13.0. The normalized spacial score (nSPS) is 27.5. The summed E-state index contributed by atoms with van der Waals surface area (Å²) in [6.07, 6.45) is 8.47. The van der Waals surface area contributed by atoms with Gasteiger partial charge in [0, 0.05) is 43.6 Å². The van der Waals surface area contributed by atoms with Crippen molar-refractivity contribution in [3.63, 3.8) is 0 Å². The molecule has 202 valence electrons. The van der Waals surface area contributed by atoms with Crippen molar-refractivity contribution >= 4 is 12.2 Å². The summed E-state index contributed by atoms with van der Waals surface area (Å²) in [6, 6.07) is 3.27.